The average Bonchev–Trinajstić information content (AvgIpc) is 2.47. The average molecular weight is 286 g/mol. The molecule has 0 saturated heterocycles. The monoisotopic (exact) mass is 286 g/mol. The number of benzene rings is 2. The lowest BCUT2D eigenvalue weighted by Crippen LogP contribution is -2.09. The lowest BCUT2D eigenvalue weighted by molar-refractivity contribution is 0.0893. The molecule has 2 aromatic carbocycles. The van der Waals surface area contributed by atoms with Crippen molar-refractivity contribution in [2.45, 2.75) is 6.42 Å². The molecule has 0 aliphatic heterocycles. The number of carbonyl (C=O) groups is 2. The van der Waals surface area contributed by atoms with Crippen LogP contribution in [-0.2, 0) is 0 Å². The van der Waals surface area contributed by atoms with Crippen LogP contribution in [0.15, 0.2) is 42.5 Å². The number of methoxy groups -OCH3 is 1. The zero-order valence-electron chi connectivity index (χ0n) is 11.4. The van der Waals surface area contributed by atoms with Gasteiger partial charge in [-0.15, -0.1) is 0 Å². The molecule has 0 saturated carbocycles. The van der Waals surface area contributed by atoms with Gasteiger partial charge in [-0.3, -0.25) is 9.59 Å². The third-order valence-electron chi connectivity index (χ3n) is 3.00. The van der Waals surface area contributed by atoms with E-state index < -0.39 is 5.78 Å². The van der Waals surface area contributed by atoms with Crippen molar-refractivity contribution in [3.05, 3.63) is 53.6 Å². The highest BCUT2D eigenvalue weighted by Crippen LogP contribution is 2.25. The second-order valence-corrected chi connectivity index (χ2v) is 4.45. The molecule has 5 nitrogen and oxygen atoms in total. The van der Waals surface area contributed by atoms with Crippen molar-refractivity contribution in [3.8, 4) is 17.2 Å². The summed E-state index contributed by atoms with van der Waals surface area (Å²) in [6.45, 7) is 0. The fourth-order valence-corrected chi connectivity index (χ4v) is 1.90. The molecule has 0 aliphatic carbocycles. The predicted molar refractivity (Wildman–Crippen MR) is 76.0 cm³/mol. The summed E-state index contributed by atoms with van der Waals surface area (Å²) in [5.74, 6) is -0.495. The van der Waals surface area contributed by atoms with E-state index in [1.165, 1.54) is 49.6 Å². The Bertz CT molecular complexity index is 674. The summed E-state index contributed by atoms with van der Waals surface area (Å²) < 4.78 is 5.03. The molecule has 0 aliphatic rings. The van der Waals surface area contributed by atoms with Crippen molar-refractivity contribution in [1.29, 1.82) is 0 Å². The molecule has 0 atom stereocenters. The van der Waals surface area contributed by atoms with Gasteiger partial charge in [0.1, 0.15) is 17.2 Å². The van der Waals surface area contributed by atoms with Gasteiger partial charge in [0, 0.05) is 11.6 Å². The van der Waals surface area contributed by atoms with Crippen LogP contribution in [0, 0.1) is 0 Å². The van der Waals surface area contributed by atoms with Crippen LogP contribution in [0.2, 0.25) is 0 Å². The Morgan fingerprint density at radius 2 is 1.57 bits per heavy atom. The molecule has 0 spiro atoms. The van der Waals surface area contributed by atoms with E-state index in [0.29, 0.717) is 5.56 Å². The minimum absolute atomic E-state index is 0.0201. The first-order valence-electron chi connectivity index (χ1n) is 6.23. The van der Waals surface area contributed by atoms with Gasteiger partial charge in [-0.05, 0) is 36.4 Å². The number of ketones is 2. The van der Waals surface area contributed by atoms with Crippen molar-refractivity contribution >= 4 is 11.6 Å². The van der Waals surface area contributed by atoms with Gasteiger partial charge in [-0.2, -0.15) is 0 Å². The summed E-state index contributed by atoms with van der Waals surface area (Å²) in [4.78, 5) is 24.2. The second kappa shape index (κ2) is 6.09. The number of phenolic OH excluding ortho intramolecular Hbond substituents is 2. The lowest BCUT2D eigenvalue weighted by atomic mass is 10.0. The molecule has 108 valence electrons. The van der Waals surface area contributed by atoms with Gasteiger partial charge >= 0.3 is 0 Å². The normalized spacial score (nSPS) is 10.1. The molecule has 21 heavy (non-hydrogen) atoms. The van der Waals surface area contributed by atoms with E-state index in [2.05, 4.69) is 0 Å². The molecular formula is C16H14O5. The van der Waals surface area contributed by atoms with Gasteiger partial charge in [0.2, 0.25) is 0 Å². The van der Waals surface area contributed by atoms with Crippen LogP contribution in [0.25, 0.3) is 0 Å². The fraction of sp³-hybridized carbons (Fsp3) is 0.125. The van der Waals surface area contributed by atoms with E-state index in [9.17, 15) is 19.8 Å². The Balaban J connectivity index is 2.18. The first kappa shape index (κ1) is 14.6. The molecule has 0 radical (unpaired) electrons. The number of ether oxygens (including phenoxy) is 1. The van der Waals surface area contributed by atoms with Crippen LogP contribution in [0.3, 0.4) is 0 Å². The molecule has 5 heteroatoms. The predicted octanol–water partition coefficient (Wildman–Crippen LogP) is 2.56. The minimum atomic E-state index is -0.398. The Morgan fingerprint density at radius 3 is 2.19 bits per heavy atom. The van der Waals surface area contributed by atoms with Crippen molar-refractivity contribution < 1.29 is 24.5 Å². The maximum atomic E-state index is 12.2. The van der Waals surface area contributed by atoms with Gasteiger partial charge in [0.15, 0.2) is 11.6 Å². The quantitative estimate of drug-likeness (QED) is 0.652. The molecule has 0 heterocycles. The van der Waals surface area contributed by atoms with E-state index >= 15 is 0 Å². The highest BCUT2D eigenvalue weighted by Gasteiger charge is 2.17. The molecule has 2 aromatic rings. The van der Waals surface area contributed by atoms with Crippen LogP contribution in [-0.4, -0.2) is 28.9 Å². The maximum Gasteiger partial charge on any atom is 0.174 e. The van der Waals surface area contributed by atoms with Crippen LogP contribution in [0.5, 0.6) is 17.2 Å². The Labute approximate surface area is 121 Å². The standard InChI is InChI=1S/C16H14O5/c1-21-16-8-12(18)6-7-13(16)15(20)9-14(19)10-2-4-11(17)5-3-10/h2-8,17-18H,9H2,1H3. The Hall–Kier alpha value is -2.82. The highest BCUT2D eigenvalue weighted by molar-refractivity contribution is 6.14. The summed E-state index contributed by atoms with van der Waals surface area (Å²) in [6.07, 6.45) is -0.314. The zero-order chi connectivity index (χ0) is 15.4. The highest BCUT2D eigenvalue weighted by atomic mass is 16.5. The number of hydrogen-bond donors (Lipinski definition) is 2. The summed E-state index contributed by atoms with van der Waals surface area (Å²) in [7, 11) is 1.38. The maximum absolute atomic E-state index is 12.2. The molecule has 0 bridgehead atoms. The third-order valence-corrected chi connectivity index (χ3v) is 3.00. The van der Waals surface area contributed by atoms with Crippen LogP contribution in [0.4, 0.5) is 0 Å². The largest absolute Gasteiger partial charge is 0.508 e. The number of rotatable bonds is 5. The van der Waals surface area contributed by atoms with Crippen LogP contribution in [0.1, 0.15) is 27.1 Å². The molecule has 0 fully saturated rings. The second-order valence-electron chi connectivity index (χ2n) is 4.45. The number of phenols is 2. The first-order valence-corrected chi connectivity index (χ1v) is 6.23. The molecule has 2 N–H and O–H groups in total. The number of carbonyl (C=O) groups excluding carboxylic acids is 2. The van der Waals surface area contributed by atoms with Crippen LogP contribution >= 0.6 is 0 Å². The summed E-state index contributed by atoms with van der Waals surface area (Å²) in [6, 6.07) is 9.79. The summed E-state index contributed by atoms with van der Waals surface area (Å²) in [5, 5.41) is 18.5. The van der Waals surface area contributed by atoms with E-state index in [-0.39, 0.29) is 35.0 Å². The van der Waals surface area contributed by atoms with Crippen LogP contribution < -0.4 is 4.74 Å². The van der Waals surface area contributed by atoms with E-state index in [0.717, 1.165) is 0 Å². The molecular weight excluding hydrogens is 272 g/mol. The Morgan fingerprint density at radius 1 is 0.952 bits per heavy atom. The third kappa shape index (κ3) is 3.39. The lowest BCUT2D eigenvalue weighted by Gasteiger charge is -2.08. The smallest absolute Gasteiger partial charge is 0.174 e. The van der Waals surface area contributed by atoms with Gasteiger partial charge in [0.25, 0.3) is 0 Å². The SMILES string of the molecule is COc1cc(O)ccc1C(=O)CC(=O)c1ccc(O)cc1. The van der Waals surface area contributed by atoms with Gasteiger partial charge in [0.05, 0.1) is 19.1 Å². The van der Waals surface area contributed by atoms with Crippen molar-refractivity contribution in [1.82, 2.24) is 0 Å². The van der Waals surface area contributed by atoms with Crippen molar-refractivity contribution in [2.75, 3.05) is 7.11 Å². The van der Waals surface area contributed by atoms with Gasteiger partial charge in [-0.25, -0.2) is 0 Å². The van der Waals surface area contributed by atoms with E-state index in [1.54, 1.807) is 0 Å². The summed E-state index contributed by atoms with van der Waals surface area (Å²) in [5.41, 5.74) is 0.585. The molecule has 0 amide bonds. The topological polar surface area (TPSA) is 83.8 Å². The van der Waals surface area contributed by atoms with Gasteiger partial charge in [-0.1, -0.05) is 0 Å². The molecule has 0 unspecified atom stereocenters. The van der Waals surface area contributed by atoms with E-state index in [1.807, 2.05) is 0 Å². The number of Topliss-reactive ketones (excluding diaryl/α,β-unsaturated/α-hetero) is 2. The number of hydrogen-bond acceptors (Lipinski definition) is 5. The molecule has 2 rings (SSSR count). The fourth-order valence-electron chi connectivity index (χ4n) is 1.90. The number of aromatic hydroxyl groups is 2. The summed E-state index contributed by atoms with van der Waals surface area (Å²) >= 11 is 0. The Kier molecular flexibility index (Phi) is 4.23. The zero-order valence-corrected chi connectivity index (χ0v) is 11.4. The van der Waals surface area contributed by atoms with E-state index in [4.69, 9.17) is 4.74 Å². The van der Waals surface area contributed by atoms with Crippen molar-refractivity contribution in [2.24, 2.45) is 0 Å². The minimum Gasteiger partial charge on any atom is -0.508 e. The first-order chi connectivity index (χ1) is 10.0. The van der Waals surface area contributed by atoms with Gasteiger partial charge < -0.3 is 14.9 Å². The molecule has 0 aromatic heterocycles. The van der Waals surface area contributed by atoms with Crippen molar-refractivity contribution in [3.63, 3.8) is 0 Å².